The molecule has 25 heavy (non-hydrogen) atoms. The molecule has 0 aliphatic carbocycles. The molecular formula is C17H15FN2O3S2. The number of nitrogens with one attached hydrogen (secondary N) is 1. The predicted molar refractivity (Wildman–Crippen MR) is 96.3 cm³/mol. The van der Waals surface area contributed by atoms with Crippen LogP contribution in [-0.2, 0) is 9.84 Å². The van der Waals surface area contributed by atoms with Gasteiger partial charge in [0.05, 0.1) is 14.8 Å². The largest absolute Gasteiger partial charge is 0.298 e. The van der Waals surface area contributed by atoms with Crippen LogP contribution < -0.4 is 5.32 Å². The first kappa shape index (κ1) is 17.5. The second-order valence-electron chi connectivity index (χ2n) is 5.68. The van der Waals surface area contributed by atoms with Gasteiger partial charge in [-0.15, -0.1) is 0 Å². The highest BCUT2D eigenvalue weighted by atomic mass is 32.2. The lowest BCUT2D eigenvalue weighted by Gasteiger charge is -2.09. The zero-order chi connectivity index (χ0) is 18.2. The van der Waals surface area contributed by atoms with Gasteiger partial charge in [-0.3, -0.25) is 10.1 Å². The molecule has 1 amide bonds. The molecule has 0 aliphatic heterocycles. The monoisotopic (exact) mass is 378 g/mol. The molecule has 1 heterocycles. The third kappa shape index (κ3) is 3.40. The Morgan fingerprint density at radius 1 is 1.20 bits per heavy atom. The fourth-order valence-electron chi connectivity index (χ4n) is 2.22. The molecule has 3 aromatic rings. The van der Waals surface area contributed by atoms with E-state index in [2.05, 4.69) is 10.3 Å². The summed E-state index contributed by atoms with van der Waals surface area (Å²) in [6.45, 7) is 3.16. The van der Waals surface area contributed by atoms with Crippen molar-refractivity contribution in [2.75, 3.05) is 5.32 Å². The molecule has 1 aromatic heterocycles. The zero-order valence-electron chi connectivity index (χ0n) is 13.5. The van der Waals surface area contributed by atoms with E-state index in [4.69, 9.17) is 0 Å². The first-order valence-electron chi connectivity index (χ1n) is 7.49. The average molecular weight is 378 g/mol. The number of benzene rings is 2. The molecule has 0 aliphatic rings. The molecule has 2 aromatic carbocycles. The summed E-state index contributed by atoms with van der Waals surface area (Å²) in [7, 11) is -3.47. The van der Waals surface area contributed by atoms with E-state index in [9.17, 15) is 17.6 Å². The lowest BCUT2D eigenvalue weighted by molar-refractivity contribution is 0.102. The van der Waals surface area contributed by atoms with Crippen LogP contribution in [0.3, 0.4) is 0 Å². The molecule has 0 radical (unpaired) electrons. The van der Waals surface area contributed by atoms with E-state index in [1.165, 1.54) is 30.3 Å². The molecule has 0 fully saturated rings. The van der Waals surface area contributed by atoms with Crippen molar-refractivity contribution in [3.05, 3.63) is 53.8 Å². The minimum absolute atomic E-state index is 0.0884. The molecule has 1 N–H and O–H groups in total. The number of sulfone groups is 1. The minimum Gasteiger partial charge on any atom is -0.298 e. The Morgan fingerprint density at radius 2 is 1.92 bits per heavy atom. The van der Waals surface area contributed by atoms with Crippen LogP contribution in [0.15, 0.2) is 47.4 Å². The van der Waals surface area contributed by atoms with Gasteiger partial charge in [0.25, 0.3) is 5.91 Å². The number of carbonyl (C=O) groups is 1. The van der Waals surface area contributed by atoms with Crippen molar-refractivity contribution in [3.8, 4) is 0 Å². The summed E-state index contributed by atoms with van der Waals surface area (Å²) in [5.74, 6) is -0.959. The fourth-order valence-corrected chi connectivity index (χ4v) is 4.20. The predicted octanol–water partition coefficient (Wildman–Crippen LogP) is 3.87. The van der Waals surface area contributed by atoms with Crippen LogP contribution >= 0.6 is 11.3 Å². The number of halogens is 1. The summed E-state index contributed by atoms with van der Waals surface area (Å²) >= 11 is 1.15. The number of aromatic nitrogens is 1. The number of carbonyl (C=O) groups excluding carboxylic acids is 1. The number of para-hydroxylation sites is 1. The Hall–Kier alpha value is -2.32. The van der Waals surface area contributed by atoms with Gasteiger partial charge in [0.15, 0.2) is 15.0 Å². The van der Waals surface area contributed by atoms with Crippen molar-refractivity contribution < 1.29 is 17.6 Å². The van der Waals surface area contributed by atoms with Crippen molar-refractivity contribution in [3.63, 3.8) is 0 Å². The standard InChI is InChI=1S/C17H15FN2O3S2/c1-10(2)25(22,23)12-6-3-5-11(9-12)16(21)20-17-19-15-13(18)7-4-8-14(15)24-17/h3-10H,1-2H3,(H,19,20,21). The van der Waals surface area contributed by atoms with Gasteiger partial charge in [0.2, 0.25) is 0 Å². The highest BCUT2D eigenvalue weighted by Crippen LogP contribution is 2.28. The van der Waals surface area contributed by atoms with E-state index in [1.807, 2.05) is 0 Å². The topological polar surface area (TPSA) is 76.1 Å². The summed E-state index contributed by atoms with van der Waals surface area (Å²) in [6.07, 6.45) is 0. The molecule has 0 saturated carbocycles. The van der Waals surface area contributed by atoms with Crippen LogP contribution in [0.1, 0.15) is 24.2 Å². The van der Waals surface area contributed by atoms with Gasteiger partial charge in [-0.05, 0) is 44.2 Å². The number of hydrogen-bond donors (Lipinski definition) is 1. The van der Waals surface area contributed by atoms with Gasteiger partial charge in [0.1, 0.15) is 11.3 Å². The van der Waals surface area contributed by atoms with Gasteiger partial charge >= 0.3 is 0 Å². The third-order valence-electron chi connectivity index (χ3n) is 3.64. The maximum absolute atomic E-state index is 13.7. The van der Waals surface area contributed by atoms with Crippen molar-refractivity contribution in [1.29, 1.82) is 0 Å². The molecule has 0 bridgehead atoms. The highest BCUT2D eigenvalue weighted by molar-refractivity contribution is 7.92. The molecule has 0 saturated heterocycles. The Balaban J connectivity index is 1.89. The van der Waals surface area contributed by atoms with Crippen molar-refractivity contribution in [2.24, 2.45) is 0 Å². The van der Waals surface area contributed by atoms with Crippen LogP contribution in [0.2, 0.25) is 0 Å². The number of nitrogens with zero attached hydrogens (tertiary/aromatic N) is 1. The molecule has 130 valence electrons. The van der Waals surface area contributed by atoms with Crippen LogP contribution in [0.5, 0.6) is 0 Å². The van der Waals surface area contributed by atoms with E-state index < -0.39 is 26.8 Å². The molecule has 5 nitrogen and oxygen atoms in total. The summed E-state index contributed by atoms with van der Waals surface area (Å²) in [4.78, 5) is 16.6. The first-order valence-corrected chi connectivity index (χ1v) is 9.85. The third-order valence-corrected chi connectivity index (χ3v) is 6.72. The summed E-state index contributed by atoms with van der Waals surface area (Å²) in [5.41, 5.74) is 0.389. The Kier molecular flexibility index (Phi) is 4.57. The Bertz CT molecular complexity index is 1060. The van der Waals surface area contributed by atoms with Crippen LogP contribution in [0, 0.1) is 5.82 Å². The maximum Gasteiger partial charge on any atom is 0.257 e. The van der Waals surface area contributed by atoms with Gasteiger partial charge in [0, 0.05) is 5.56 Å². The number of thiazole rings is 1. The molecule has 0 atom stereocenters. The minimum atomic E-state index is -3.47. The number of anilines is 1. The molecule has 3 rings (SSSR count). The summed E-state index contributed by atoms with van der Waals surface area (Å²) < 4.78 is 38.8. The molecule has 0 spiro atoms. The smallest absolute Gasteiger partial charge is 0.257 e. The van der Waals surface area contributed by atoms with Gasteiger partial charge in [-0.2, -0.15) is 0 Å². The van der Waals surface area contributed by atoms with Crippen LogP contribution in [0.25, 0.3) is 10.2 Å². The van der Waals surface area contributed by atoms with E-state index in [0.29, 0.717) is 4.70 Å². The molecule has 8 heteroatoms. The number of rotatable bonds is 4. The van der Waals surface area contributed by atoms with Crippen LogP contribution in [0.4, 0.5) is 9.52 Å². The molecule has 0 unspecified atom stereocenters. The molecular weight excluding hydrogens is 363 g/mol. The number of fused-ring (bicyclic) bond motifs is 1. The summed E-state index contributed by atoms with van der Waals surface area (Å²) in [5, 5.41) is 2.26. The van der Waals surface area contributed by atoms with E-state index in [1.54, 1.807) is 26.0 Å². The van der Waals surface area contributed by atoms with Crippen molar-refractivity contribution >= 4 is 42.4 Å². The summed E-state index contributed by atoms with van der Waals surface area (Å²) in [6, 6.07) is 10.4. The van der Waals surface area contributed by atoms with E-state index in [-0.39, 0.29) is 21.1 Å². The average Bonchev–Trinajstić information content (AvgIpc) is 2.98. The van der Waals surface area contributed by atoms with E-state index in [0.717, 1.165) is 11.3 Å². The van der Waals surface area contributed by atoms with Crippen molar-refractivity contribution in [2.45, 2.75) is 24.0 Å². The zero-order valence-corrected chi connectivity index (χ0v) is 15.1. The second-order valence-corrected chi connectivity index (χ2v) is 9.22. The maximum atomic E-state index is 13.7. The first-order chi connectivity index (χ1) is 11.8. The Labute approximate surface area is 148 Å². The van der Waals surface area contributed by atoms with Crippen molar-refractivity contribution in [1.82, 2.24) is 4.98 Å². The normalized spacial score (nSPS) is 11.8. The van der Waals surface area contributed by atoms with Gasteiger partial charge in [-0.25, -0.2) is 17.8 Å². The number of hydrogen-bond acceptors (Lipinski definition) is 5. The highest BCUT2D eigenvalue weighted by Gasteiger charge is 2.20. The quantitative estimate of drug-likeness (QED) is 0.748. The lowest BCUT2D eigenvalue weighted by Crippen LogP contribution is -2.16. The fraction of sp³-hybridized carbons (Fsp3) is 0.176. The second kappa shape index (κ2) is 6.53. The van der Waals surface area contributed by atoms with E-state index >= 15 is 0 Å². The van der Waals surface area contributed by atoms with Gasteiger partial charge < -0.3 is 0 Å². The number of amides is 1. The SMILES string of the molecule is CC(C)S(=O)(=O)c1cccc(C(=O)Nc2nc3c(F)cccc3s2)c1. The van der Waals surface area contributed by atoms with Gasteiger partial charge in [-0.1, -0.05) is 23.5 Å². The lowest BCUT2D eigenvalue weighted by atomic mass is 10.2. The van der Waals surface area contributed by atoms with Crippen LogP contribution in [-0.4, -0.2) is 24.6 Å². The Morgan fingerprint density at radius 3 is 2.60 bits per heavy atom.